The molecule has 0 fully saturated rings. The Morgan fingerprint density at radius 1 is 0.455 bits per heavy atom. The summed E-state index contributed by atoms with van der Waals surface area (Å²) in [6.45, 7) is 0. The molecule has 9 rings (SSSR count). The van der Waals surface area contributed by atoms with Crippen LogP contribution in [0.25, 0.3) is 55.2 Å². The lowest BCUT2D eigenvalue weighted by molar-refractivity contribution is 0.253. The van der Waals surface area contributed by atoms with Crippen LogP contribution < -0.4 is 10.0 Å². The fourth-order valence-electron chi connectivity index (χ4n) is 7.32. The van der Waals surface area contributed by atoms with Crippen molar-refractivity contribution in [3.8, 4) is 33.4 Å². The number of hydrazine groups is 1. The molecular weight excluding hydrogens is 675 g/mol. The van der Waals surface area contributed by atoms with E-state index in [-0.39, 0.29) is 0 Å². The van der Waals surface area contributed by atoms with Crippen molar-refractivity contribution in [1.82, 2.24) is 4.98 Å². The molecule has 0 unspecified atom stereocenters. The Labute approximate surface area is 319 Å². The van der Waals surface area contributed by atoms with E-state index in [1.165, 1.54) is 0 Å². The van der Waals surface area contributed by atoms with Crippen molar-refractivity contribution in [2.75, 3.05) is 10.0 Å². The van der Waals surface area contributed by atoms with Gasteiger partial charge in [0, 0.05) is 21.9 Å². The summed E-state index contributed by atoms with van der Waals surface area (Å²) >= 11 is 0. The predicted molar refractivity (Wildman–Crippen MR) is 226 cm³/mol. The van der Waals surface area contributed by atoms with Gasteiger partial charge in [-0.2, -0.15) is 5.01 Å². The monoisotopic (exact) mass is 709 g/mol. The minimum Gasteiger partial charge on any atom is -0.353 e. The Morgan fingerprint density at radius 3 is 1.64 bits per heavy atom. The van der Waals surface area contributed by atoms with Crippen LogP contribution in [0, 0.1) is 0 Å². The van der Waals surface area contributed by atoms with Gasteiger partial charge in [-0.15, -0.1) is 5.11 Å². The van der Waals surface area contributed by atoms with Crippen molar-refractivity contribution in [3.05, 3.63) is 206 Å². The molecule has 1 N–H and O–H groups in total. The molecule has 0 bridgehead atoms. The van der Waals surface area contributed by atoms with Gasteiger partial charge < -0.3 is 4.98 Å². The highest BCUT2D eigenvalue weighted by Gasteiger charge is 2.30. The number of azo groups is 1. The zero-order valence-electron chi connectivity index (χ0n) is 29.8. The van der Waals surface area contributed by atoms with Crippen molar-refractivity contribution in [3.63, 3.8) is 0 Å². The molecule has 9 aromatic rings. The van der Waals surface area contributed by atoms with Crippen LogP contribution in [-0.4, -0.2) is 11.0 Å². The summed E-state index contributed by atoms with van der Waals surface area (Å²) in [5, 5.41) is 14.8. The van der Waals surface area contributed by atoms with Gasteiger partial charge in [-0.25, -0.2) is 9.80 Å². The van der Waals surface area contributed by atoms with Gasteiger partial charge in [0.15, 0.2) is 0 Å². The molecule has 2 amide bonds. The van der Waals surface area contributed by atoms with Crippen LogP contribution in [-0.2, 0) is 0 Å². The van der Waals surface area contributed by atoms with E-state index in [1.807, 2.05) is 114 Å². The van der Waals surface area contributed by atoms with Gasteiger partial charge >= 0.3 is 6.03 Å². The first-order valence-electron chi connectivity index (χ1n) is 18.2. The molecule has 0 aliphatic carbocycles. The van der Waals surface area contributed by atoms with E-state index < -0.39 is 6.03 Å². The summed E-state index contributed by atoms with van der Waals surface area (Å²) in [5.74, 6) is 0. The number of para-hydroxylation sites is 4. The number of aromatic nitrogens is 1. The first-order valence-corrected chi connectivity index (χ1v) is 18.2. The number of hydrogen-bond acceptors (Lipinski definition) is 3. The number of nitrogens with one attached hydrogen (secondary N) is 1. The molecule has 55 heavy (non-hydrogen) atoms. The van der Waals surface area contributed by atoms with E-state index in [0.717, 1.165) is 66.6 Å². The van der Waals surface area contributed by atoms with E-state index in [1.54, 1.807) is 5.01 Å². The molecule has 1 aromatic heterocycles. The highest BCUT2D eigenvalue weighted by Crippen LogP contribution is 2.48. The van der Waals surface area contributed by atoms with Crippen LogP contribution in [0.2, 0.25) is 0 Å². The van der Waals surface area contributed by atoms with Crippen LogP contribution in [0.4, 0.5) is 27.5 Å². The standard InChI is InChI=1S/C49H35N5O/c55-49(52-51-44-32-18-30-42-41-29-16-17-31-43(41)50-48(42)44)54(39-27-14-5-15-28-39)53(38-25-12-4-13-26-38)45-34-33-40(35-19-6-1-7-20-35)46(36-21-8-2-9-22-36)47(45)37-23-10-3-11-24-37/h1-34,50H. The number of aromatic amines is 1. The minimum absolute atomic E-state index is 0.560. The maximum Gasteiger partial charge on any atom is 0.386 e. The van der Waals surface area contributed by atoms with Crippen LogP contribution in [0.1, 0.15) is 0 Å². The molecule has 6 nitrogen and oxygen atoms in total. The number of anilines is 3. The summed E-state index contributed by atoms with van der Waals surface area (Å²) < 4.78 is 0. The molecule has 0 radical (unpaired) electrons. The fourth-order valence-corrected chi connectivity index (χ4v) is 7.32. The second-order valence-electron chi connectivity index (χ2n) is 13.1. The third-order valence-electron chi connectivity index (χ3n) is 9.77. The second kappa shape index (κ2) is 14.8. The molecule has 0 spiro atoms. The molecule has 0 aliphatic rings. The van der Waals surface area contributed by atoms with E-state index in [0.29, 0.717) is 11.4 Å². The number of rotatable bonds is 8. The van der Waals surface area contributed by atoms with Crippen LogP contribution >= 0.6 is 0 Å². The van der Waals surface area contributed by atoms with Gasteiger partial charge in [0.1, 0.15) is 5.69 Å². The minimum atomic E-state index is -0.560. The number of carbonyl (C=O) groups excluding carboxylic acids is 1. The molecular formula is C49H35N5O. The van der Waals surface area contributed by atoms with E-state index in [4.69, 9.17) is 0 Å². The molecule has 1 heterocycles. The molecule has 0 saturated heterocycles. The third kappa shape index (κ3) is 6.43. The van der Waals surface area contributed by atoms with Crippen LogP contribution in [0.15, 0.2) is 216 Å². The summed E-state index contributed by atoms with van der Waals surface area (Å²) in [5.41, 5.74) is 10.8. The Hall–Kier alpha value is -7.57. The van der Waals surface area contributed by atoms with Crippen molar-refractivity contribution in [2.24, 2.45) is 10.2 Å². The van der Waals surface area contributed by atoms with Crippen LogP contribution in [0.5, 0.6) is 0 Å². The Bertz CT molecular complexity index is 2770. The lowest BCUT2D eigenvalue weighted by atomic mass is 9.86. The highest BCUT2D eigenvalue weighted by atomic mass is 16.2. The Balaban J connectivity index is 1.29. The summed E-state index contributed by atoms with van der Waals surface area (Å²) in [4.78, 5) is 18.4. The van der Waals surface area contributed by atoms with Crippen LogP contribution in [0.3, 0.4) is 0 Å². The van der Waals surface area contributed by atoms with Crippen molar-refractivity contribution >= 4 is 50.6 Å². The van der Waals surface area contributed by atoms with Gasteiger partial charge in [-0.1, -0.05) is 169 Å². The maximum absolute atomic E-state index is 14.9. The lowest BCUT2D eigenvalue weighted by Gasteiger charge is -2.37. The smallest absolute Gasteiger partial charge is 0.353 e. The number of nitrogens with zero attached hydrogens (tertiary/aromatic N) is 4. The zero-order chi connectivity index (χ0) is 37.0. The van der Waals surface area contributed by atoms with E-state index >= 15 is 0 Å². The van der Waals surface area contributed by atoms with Gasteiger partial charge in [0.05, 0.1) is 22.6 Å². The Morgan fingerprint density at radius 2 is 0.982 bits per heavy atom. The first kappa shape index (κ1) is 33.3. The number of amides is 2. The number of H-pyrrole nitrogens is 1. The first-order chi connectivity index (χ1) is 27.2. The van der Waals surface area contributed by atoms with E-state index in [2.05, 4.69) is 112 Å². The molecule has 262 valence electrons. The molecule has 0 atom stereocenters. The van der Waals surface area contributed by atoms with Gasteiger partial charge in [-0.05, 0) is 70.3 Å². The van der Waals surface area contributed by atoms with E-state index in [9.17, 15) is 4.79 Å². The number of urea groups is 1. The predicted octanol–water partition coefficient (Wildman–Crippen LogP) is 13.8. The van der Waals surface area contributed by atoms with Gasteiger partial charge in [0.2, 0.25) is 0 Å². The maximum atomic E-state index is 14.9. The molecule has 8 aromatic carbocycles. The number of carbonyl (C=O) groups is 1. The SMILES string of the molecule is O=C(N=Nc1cccc2c1[nH]c1ccccc12)N(c1ccccc1)N(c1ccccc1)c1ccc(-c2ccccc2)c(-c2ccccc2)c1-c1ccccc1. The van der Waals surface area contributed by atoms with Gasteiger partial charge in [-0.3, -0.25) is 0 Å². The average Bonchev–Trinajstić information content (AvgIpc) is 3.65. The zero-order valence-corrected chi connectivity index (χ0v) is 29.8. The number of benzene rings is 8. The van der Waals surface area contributed by atoms with Crippen molar-refractivity contribution in [1.29, 1.82) is 0 Å². The molecule has 6 heteroatoms. The molecule has 0 saturated carbocycles. The lowest BCUT2D eigenvalue weighted by Crippen LogP contribution is -2.43. The topological polar surface area (TPSA) is 64.1 Å². The largest absolute Gasteiger partial charge is 0.386 e. The third-order valence-corrected chi connectivity index (χ3v) is 9.77. The summed E-state index contributed by atoms with van der Waals surface area (Å²) in [7, 11) is 0. The molecule has 0 aliphatic heterocycles. The average molecular weight is 710 g/mol. The quantitative estimate of drug-likeness (QED) is 0.126. The van der Waals surface area contributed by atoms with Crippen molar-refractivity contribution < 1.29 is 4.79 Å². The highest BCUT2D eigenvalue weighted by molar-refractivity contribution is 6.11. The Kier molecular flexibility index (Phi) is 8.96. The van der Waals surface area contributed by atoms with Crippen molar-refractivity contribution in [2.45, 2.75) is 0 Å². The fraction of sp³-hybridized carbons (Fsp3) is 0. The second-order valence-corrected chi connectivity index (χ2v) is 13.1. The van der Waals surface area contributed by atoms with Gasteiger partial charge in [0.25, 0.3) is 0 Å². The number of hydrogen-bond donors (Lipinski definition) is 1. The number of fused-ring (bicyclic) bond motifs is 3. The normalized spacial score (nSPS) is 11.3. The summed E-state index contributed by atoms with van der Waals surface area (Å²) in [6.07, 6.45) is 0. The summed E-state index contributed by atoms with van der Waals surface area (Å²) in [6, 6.07) is 68.5.